The largest absolute Gasteiger partial charge is 0.360 e. The van der Waals surface area contributed by atoms with Gasteiger partial charge in [-0.1, -0.05) is 46.3 Å². The Morgan fingerprint density at radius 3 is 2.78 bits per heavy atom. The van der Waals surface area contributed by atoms with E-state index in [1.54, 1.807) is 0 Å². The average molecular weight is 301 g/mol. The summed E-state index contributed by atoms with van der Waals surface area (Å²) in [6.07, 6.45) is 1.97. The zero-order valence-electron chi connectivity index (χ0n) is 9.88. The van der Waals surface area contributed by atoms with Gasteiger partial charge in [0, 0.05) is 17.2 Å². The fourth-order valence-corrected chi connectivity index (χ4v) is 2.50. The highest BCUT2D eigenvalue weighted by Crippen LogP contribution is 2.34. The van der Waals surface area contributed by atoms with Crippen molar-refractivity contribution in [1.29, 1.82) is 0 Å². The summed E-state index contributed by atoms with van der Waals surface area (Å²) < 4.78 is 1.09. The molecular weight excluding hydrogens is 288 g/mol. The molecule has 3 rings (SSSR count). The molecule has 2 aromatic rings. The molecule has 0 amide bonds. The summed E-state index contributed by atoms with van der Waals surface area (Å²) in [5.41, 5.74) is 3.55. The van der Waals surface area contributed by atoms with E-state index in [2.05, 4.69) is 56.2 Å². The highest BCUT2D eigenvalue weighted by Gasteiger charge is 2.14. The highest BCUT2D eigenvalue weighted by atomic mass is 79.9. The van der Waals surface area contributed by atoms with Crippen molar-refractivity contribution in [3.8, 4) is 0 Å². The third kappa shape index (κ3) is 2.31. The van der Waals surface area contributed by atoms with E-state index in [0.29, 0.717) is 0 Å². The van der Waals surface area contributed by atoms with Crippen LogP contribution in [0.3, 0.4) is 0 Å². The Morgan fingerprint density at radius 1 is 1.11 bits per heavy atom. The Morgan fingerprint density at radius 2 is 1.94 bits per heavy atom. The van der Waals surface area contributed by atoms with Gasteiger partial charge in [0.05, 0.1) is 17.9 Å². The fourth-order valence-electron chi connectivity index (χ4n) is 2.15. The minimum atomic E-state index is 0.859. The second-order valence-corrected chi connectivity index (χ2v) is 5.23. The van der Waals surface area contributed by atoms with Crippen molar-refractivity contribution in [2.75, 3.05) is 11.4 Å². The van der Waals surface area contributed by atoms with Gasteiger partial charge in [-0.15, -0.1) is 0 Å². The topological polar surface area (TPSA) is 15.6 Å². The van der Waals surface area contributed by atoms with Crippen molar-refractivity contribution in [2.45, 2.75) is 6.54 Å². The van der Waals surface area contributed by atoms with Crippen LogP contribution in [0, 0.1) is 0 Å². The standard InChI is InChI=1S/C15H13BrN2/c16-13-6-7-14-15(10-13)18(9-8-17-14)11-12-4-2-1-3-5-12/h1-8,10H,9,11H2. The fraction of sp³-hybridized carbons (Fsp3) is 0.133. The normalized spacial score (nSPS) is 13.5. The summed E-state index contributed by atoms with van der Waals surface area (Å²) in [5.74, 6) is 0. The van der Waals surface area contributed by atoms with Gasteiger partial charge in [0.25, 0.3) is 0 Å². The number of rotatable bonds is 2. The predicted molar refractivity (Wildman–Crippen MR) is 79.8 cm³/mol. The molecule has 1 aliphatic heterocycles. The smallest absolute Gasteiger partial charge is 0.0860 e. The van der Waals surface area contributed by atoms with Gasteiger partial charge in [0.1, 0.15) is 0 Å². The number of hydrogen-bond acceptors (Lipinski definition) is 2. The Hall–Kier alpha value is -1.61. The molecule has 0 unspecified atom stereocenters. The summed E-state index contributed by atoms with van der Waals surface area (Å²) in [5, 5.41) is 0. The van der Waals surface area contributed by atoms with Crippen LogP contribution in [0.4, 0.5) is 11.4 Å². The number of fused-ring (bicyclic) bond motifs is 1. The molecule has 1 aliphatic rings. The molecule has 3 heteroatoms. The summed E-state index contributed by atoms with van der Waals surface area (Å²) in [6.45, 7) is 1.77. The van der Waals surface area contributed by atoms with Gasteiger partial charge in [0.2, 0.25) is 0 Å². The number of nitrogens with zero attached hydrogens (tertiary/aromatic N) is 2. The van der Waals surface area contributed by atoms with E-state index < -0.39 is 0 Å². The first-order chi connectivity index (χ1) is 8.83. The lowest BCUT2D eigenvalue weighted by molar-refractivity contribution is 0.881. The van der Waals surface area contributed by atoms with Crippen molar-refractivity contribution >= 4 is 33.5 Å². The van der Waals surface area contributed by atoms with Crippen molar-refractivity contribution < 1.29 is 0 Å². The molecule has 0 fully saturated rings. The van der Waals surface area contributed by atoms with Crippen LogP contribution in [0.25, 0.3) is 0 Å². The molecule has 0 aromatic heterocycles. The van der Waals surface area contributed by atoms with E-state index in [9.17, 15) is 0 Å². The van der Waals surface area contributed by atoms with Crippen molar-refractivity contribution in [3.63, 3.8) is 0 Å². The van der Waals surface area contributed by atoms with Gasteiger partial charge < -0.3 is 4.90 Å². The van der Waals surface area contributed by atoms with E-state index in [-0.39, 0.29) is 0 Å². The number of anilines is 1. The lowest BCUT2D eigenvalue weighted by Gasteiger charge is -2.27. The number of aliphatic imine (C=N–C) groups is 1. The zero-order chi connectivity index (χ0) is 12.4. The van der Waals surface area contributed by atoms with Crippen LogP contribution in [0.2, 0.25) is 0 Å². The molecule has 0 spiro atoms. The van der Waals surface area contributed by atoms with Crippen LogP contribution in [0.15, 0.2) is 58.0 Å². The van der Waals surface area contributed by atoms with E-state index in [1.165, 1.54) is 11.3 Å². The van der Waals surface area contributed by atoms with Crippen LogP contribution in [0.5, 0.6) is 0 Å². The van der Waals surface area contributed by atoms with E-state index in [1.807, 2.05) is 24.4 Å². The lowest BCUT2D eigenvalue weighted by atomic mass is 10.1. The molecule has 1 heterocycles. The second kappa shape index (κ2) is 4.94. The average Bonchev–Trinajstić information content (AvgIpc) is 2.41. The third-order valence-corrected chi connectivity index (χ3v) is 3.52. The van der Waals surface area contributed by atoms with E-state index >= 15 is 0 Å². The maximum absolute atomic E-state index is 4.44. The van der Waals surface area contributed by atoms with E-state index in [0.717, 1.165) is 23.2 Å². The summed E-state index contributed by atoms with van der Waals surface area (Å²) >= 11 is 3.52. The number of halogens is 1. The molecular formula is C15H13BrN2. The lowest BCUT2D eigenvalue weighted by Crippen LogP contribution is -2.26. The minimum Gasteiger partial charge on any atom is -0.360 e. The van der Waals surface area contributed by atoms with Crippen LogP contribution in [-0.2, 0) is 6.54 Å². The molecule has 2 aromatic carbocycles. The van der Waals surface area contributed by atoms with Crippen molar-refractivity contribution in [2.24, 2.45) is 4.99 Å². The molecule has 0 saturated heterocycles. The Balaban J connectivity index is 1.91. The molecule has 18 heavy (non-hydrogen) atoms. The van der Waals surface area contributed by atoms with Gasteiger partial charge in [-0.2, -0.15) is 0 Å². The van der Waals surface area contributed by atoms with Gasteiger partial charge in [0.15, 0.2) is 0 Å². The molecule has 0 atom stereocenters. The highest BCUT2D eigenvalue weighted by molar-refractivity contribution is 9.10. The summed E-state index contributed by atoms with van der Waals surface area (Å²) in [6, 6.07) is 16.7. The third-order valence-electron chi connectivity index (χ3n) is 3.03. The second-order valence-electron chi connectivity index (χ2n) is 4.31. The van der Waals surface area contributed by atoms with Crippen molar-refractivity contribution in [3.05, 3.63) is 58.6 Å². The summed E-state index contributed by atoms with van der Waals surface area (Å²) in [4.78, 5) is 6.77. The first-order valence-electron chi connectivity index (χ1n) is 5.94. The van der Waals surface area contributed by atoms with E-state index in [4.69, 9.17) is 0 Å². The Kier molecular flexibility index (Phi) is 3.15. The molecule has 90 valence electrons. The monoisotopic (exact) mass is 300 g/mol. The predicted octanol–water partition coefficient (Wildman–Crippen LogP) is 4.17. The zero-order valence-corrected chi connectivity index (χ0v) is 11.5. The molecule has 0 saturated carbocycles. The number of benzene rings is 2. The Labute approximate surface area is 115 Å². The van der Waals surface area contributed by atoms with Gasteiger partial charge in [-0.3, -0.25) is 4.99 Å². The molecule has 2 nitrogen and oxygen atoms in total. The SMILES string of the molecule is Brc1ccc2c(c1)N(Cc1ccccc1)CC=N2. The van der Waals surface area contributed by atoms with Gasteiger partial charge >= 0.3 is 0 Å². The van der Waals surface area contributed by atoms with Gasteiger partial charge in [-0.05, 0) is 23.8 Å². The first-order valence-corrected chi connectivity index (χ1v) is 6.73. The quantitative estimate of drug-likeness (QED) is 0.813. The first kappa shape index (κ1) is 11.5. The number of hydrogen-bond donors (Lipinski definition) is 0. The Bertz CT molecular complexity index is 578. The maximum Gasteiger partial charge on any atom is 0.0860 e. The maximum atomic E-state index is 4.44. The molecule has 0 bridgehead atoms. The van der Waals surface area contributed by atoms with Crippen LogP contribution >= 0.6 is 15.9 Å². The molecule has 0 aliphatic carbocycles. The molecule has 0 N–H and O–H groups in total. The minimum absolute atomic E-state index is 0.859. The van der Waals surface area contributed by atoms with Crippen molar-refractivity contribution in [1.82, 2.24) is 0 Å². The van der Waals surface area contributed by atoms with Crippen LogP contribution < -0.4 is 4.90 Å². The molecule has 0 radical (unpaired) electrons. The summed E-state index contributed by atoms with van der Waals surface area (Å²) in [7, 11) is 0. The van der Waals surface area contributed by atoms with Gasteiger partial charge in [-0.25, -0.2) is 0 Å². The van der Waals surface area contributed by atoms with Crippen LogP contribution in [0.1, 0.15) is 5.56 Å². The van der Waals surface area contributed by atoms with Crippen LogP contribution in [-0.4, -0.2) is 12.8 Å².